The number of hydrogen-bond acceptors (Lipinski definition) is 5. The van der Waals surface area contributed by atoms with Crippen LogP contribution in [0.4, 0.5) is 0 Å². The number of para-hydroxylation sites is 1. The molecule has 6 nitrogen and oxygen atoms in total. The summed E-state index contributed by atoms with van der Waals surface area (Å²) in [5.74, 6) is 1.12. The maximum Gasteiger partial charge on any atom is 0.269 e. The third-order valence-corrected chi connectivity index (χ3v) is 6.76. The highest BCUT2D eigenvalue weighted by Gasteiger charge is 2.24. The standard InChI is InChI=1S/C19H21BrN2O4S/c1-21(2)10-11-26-18-13-22(17-7-5-4-6-15(17)18)27(23,24)19-9-8-14(25-3)12-16(19)20/h4-9,12-13H,10-11H2,1-3H3. The van der Waals surface area contributed by atoms with Gasteiger partial charge in [-0.1, -0.05) is 12.1 Å². The predicted octanol–water partition coefficient (Wildman–Crippen LogP) is 3.59. The Hall–Kier alpha value is -2.03. The molecule has 3 rings (SSSR count). The van der Waals surface area contributed by atoms with Crippen LogP contribution < -0.4 is 9.47 Å². The Balaban J connectivity index is 2.08. The molecule has 0 spiro atoms. The second-order valence-electron chi connectivity index (χ2n) is 6.26. The average molecular weight is 453 g/mol. The van der Waals surface area contributed by atoms with Crippen molar-refractivity contribution >= 4 is 36.9 Å². The van der Waals surface area contributed by atoms with E-state index in [4.69, 9.17) is 9.47 Å². The molecule has 0 aliphatic rings. The molecule has 3 aromatic rings. The van der Waals surface area contributed by atoms with E-state index < -0.39 is 10.0 Å². The van der Waals surface area contributed by atoms with Crippen LogP contribution in [0.2, 0.25) is 0 Å². The lowest BCUT2D eigenvalue weighted by atomic mass is 10.2. The van der Waals surface area contributed by atoms with E-state index in [1.807, 2.05) is 31.1 Å². The van der Waals surface area contributed by atoms with Gasteiger partial charge in [-0.05, 0) is 60.4 Å². The third-order valence-electron chi connectivity index (χ3n) is 4.11. The van der Waals surface area contributed by atoms with Crippen molar-refractivity contribution in [2.45, 2.75) is 4.90 Å². The quantitative estimate of drug-likeness (QED) is 0.547. The van der Waals surface area contributed by atoms with Crippen molar-refractivity contribution in [1.82, 2.24) is 8.87 Å². The number of nitrogens with zero attached hydrogens (tertiary/aromatic N) is 2. The molecule has 0 unspecified atom stereocenters. The summed E-state index contributed by atoms with van der Waals surface area (Å²) in [6.07, 6.45) is 1.53. The number of ether oxygens (including phenoxy) is 2. The van der Waals surface area contributed by atoms with E-state index in [1.165, 1.54) is 23.3 Å². The fourth-order valence-electron chi connectivity index (χ4n) is 2.70. The van der Waals surface area contributed by atoms with Gasteiger partial charge < -0.3 is 14.4 Å². The van der Waals surface area contributed by atoms with Crippen LogP contribution in [0.25, 0.3) is 10.9 Å². The van der Waals surface area contributed by atoms with Gasteiger partial charge in [-0.2, -0.15) is 0 Å². The normalized spacial score (nSPS) is 11.9. The molecule has 0 saturated carbocycles. The zero-order valence-electron chi connectivity index (χ0n) is 15.3. The molecule has 0 saturated heterocycles. The molecule has 1 aromatic heterocycles. The van der Waals surface area contributed by atoms with Crippen LogP contribution in [0.1, 0.15) is 0 Å². The van der Waals surface area contributed by atoms with Crippen LogP contribution in [-0.2, 0) is 10.0 Å². The number of fused-ring (bicyclic) bond motifs is 1. The molecule has 27 heavy (non-hydrogen) atoms. The Kier molecular flexibility index (Phi) is 5.78. The molecule has 0 fully saturated rings. The van der Waals surface area contributed by atoms with Crippen molar-refractivity contribution in [3.8, 4) is 11.5 Å². The minimum Gasteiger partial charge on any atom is -0.497 e. The van der Waals surface area contributed by atoms with Crippen LogP contribution in [-0.4, -0.2) is 51.6 Å². The highest BCUT2D eigenvalue weighted by atomic mass is 79.9. The van der Waals surface area contributed by atoms with Gasteiger partial charge in [0, 0.05) is 16.4 Å². The minimum atomic E-state index is -3.82. The van der Waals surface area contributed by atoms with E-state index in [0.717, 1.165) is 11.9 Å². The van der Waals surface area contributed by atoms with Crippen molar-refractivity contribution in [1.29, 1.82) is 0 Å². The summed E-state index contributed by atoms with van der Waals surface area (Å²) < 4.78 is 39.3. The van der Waals surface area contributed by atoms with Crippen molar-refractivity contribution in [2.75, 3.05) is 34.4 Å². The smallest absolute Gasteiger partial charge is 0.269 e. The third kappa shape index (κ3) is 3.97. The molecule has 144 valence electrons. The first-order valence-corrected chi connectivity index (χ1v) is 10.5. The van der Waals surface area contributed by atoms with E-state index in [2.05, 4.69) is 15.9 Å². The first kappa shape index (κ1) is 19.7. The van der Waals surface area contributed by atoms with E-state index in [0.29, 0.717) is 28.1 Å². The lowest BCUT2D eigenvalue weighted by molar-refractivity contribution is 0.263. The van der Waals surface area contributed by atoms with Gasteiger partial charge in [-0.3, -0.25) is 0 Å². The number of rotatable bonds is 7. The molecule has 0 bridgehead atoms. The maximum absolute atomic E-state index is 13.3. The predicted molar refractivity (Wildman–Crippen MR) is 109 cm³/mol. The Morgan fingerprint density at radius 2 is 1.89 bits per heavy atom. The molecule has 0 N–H and O–H groups in total. The number of hydrogen-bond donors (Lipinski definition) is 0. The van der Waals surface area contributed by atoms with E-state index in [-0.39, 0.29) is 4.90 Å². The van der Waals surface area contributed by atoms with Crippen LogP contribution in [0.15, 0.2) is 58.0 Å². The summed E-state index contributed by atoms with van der Waals surface area (Å²) >= 11 is 3.34. The monoisotopic (exact) mass is 452 g/mol. The summed E-state index contributed by atoms with van der Waals surface area (Å²) in [6, 6.07) is 12.1. The van der Waals surface area contributed by atoms with Crippen LogP contribution in [0, 0.1) is 0 Å². The van der Waals surface area contributed by atoms with Gasteiger partial charge in [0.2, 0.25) is 0 Å². The van der Waals surface area contributed by atoms with Gasteiger partial charge in [-0.25, -0.2) is 12.4 Å². The Bertz CT molecular complexity index is 1060. The number of aromatic nitrogens is 1. The van der Waals surface area contributed by atoms with Crippen LogP contribution >= 0.6 is 15.9 Å². The fourth-order valence-corrected chi connectivity index (χ4v) is 5.08. The lowest BCUT2D eigenvalue weighted by Gasteiger charge is -2.11. The van der Waals surface area contributed by atoms with Gasteiger partial charge in [0.1, 0.15) is 23.0 Å². The molecule has 0 radical (unpaired) electrons. The molecule has 0 atom stereocenters. The minimum absolute atomic E-state index is 0.156. The topological polar surface area (TPSA) is 60.8 Å². The first-order chi connectivity index (χ1) is 12.8. The average Bonchev–Trinajstić information content (AvgIpc) is 3.01. The first-order valence-electron chi connectivity index (χ1n) is 8.31. The largest absolute Gasteiger partial charge is 0.497 e. The Labute approximate surface area is 167 Å². The zero-order valence-corrected chi connectivity index (χ0v) is 17.7. The molecular formula is C19H21BrN2O4S. The molecule has 1 heterocycles. The van der Waals surface area contributed by atoms with Crippen LogP contribution in [0.3, 0.4) is 0 Å². The number of halogens is 1. The molecule has 0 aliphatic carbocycles. The van der Waals surface area contributed by atoms with Gasteiger partial charge in [0.25, 0.3) is 10.0 Å². The Morgan fingerprint density at radius 1 is 1.15 bits per heavy atom. The molecule has 0 amide bonds. The van der Waals surface area contributed by atoms with Crippen molar-refractivity contribution < 1.29 is 17.9 Å². The molecular weight excluding hydrogens is 432 g/mol. The molecule has 8 heteroatoms. The van der Waals surface area contributed by atoms with Crippen LogP contribution in [0.5, 0.6) is 11.5 Å². The van der Waals surface area contributed by atoms with Crippen molar-refractivity contribution in [2.24, 2.45) is 0 Å². The number of benzene rings is 2. The lowest BCUT2D eigenvalue weighted by Crippen LogP contribution is -2.19. The summed E-state index contributed by atoms with van der Waals surface area (Å²) in [7, 11) is 1.63. The van der Waals surface area contributed by atoms with E-state index in [1.54, 1.807) is 24.3 Å². The summed E-state index contributed by atoms with van der Waals surface area (Å²) in [5.41, 5.74) is 0.570. The SMILES string of the molecule is COc1ccc(S(=O)(=O)n2cc(OCCN(C)C)c3ccccc32)c(Br)c1. The van der Waals surface area contributed by atoms with Gasteiger partial charge in [-0.15, -0.1) is 0 Å². The summed E-state index contributed by atoms with van der Waals surface area (Å²) in [5, 5.41) is 0.754. The van der Waals surface area contributed by atoms with Gasteiger partial charge >= 0.3 is 0 Å². The van der Waals surface area contributed by atoms with E-state index >= 15 is 0 Å². The Morgan fingerprint density at radius 3 is 2.56 bits per heavy atom. The maximum atomic E-state index is 13.3. The molecule has 0 aliphatic heterocycles. The van der Waals surface area contributed by atoms with Crippen molar-refractivity contribution in [3.05, 3.63) is 53.1 Å². The second kappa shape index (κ2) is 7.92. The van der Waals surface area contributed by atoms with Crippen molar-refractivity contribution in [3.63, 3.8) is 0 Å². The van der Waals surface area contributed by atoms with Gasteiger partial charge in [0.05, 0.1) is 18.8 Å². The number of methoxy groups -OCH3 is 1. The van der Waals surface area contributed by atoms with E-state index in [9.17, 15) is 8.42 Å². The second-order valence-corrected chi connectivity index (χ2v) is 8.90. The highest BCUT2D eigenvalue weighted by Crippen LogP contribution is 2.34. The summed E-state index contributed by atoms with van der Waals surface area (Å²) in [6.45, 7) is 1.20. The fraction of sp³-hybridized carbons (Fsp3) is 0.263. The zero-order chi connectivity index (χ0) is 19.6. The number of likely N-dealkylation sites (N-methyl/N-ethyl adjacent to an activating group) is 1. The summed E-state index contributed by atoms with van der Waals surface area (Å²) in [4.78, 5) is 2.16. The van der Waals surface area contributed by atoms with Gasteiger partial charge in [0.15, 0.2) is 0 Å². The molecule has 2 aromatic carbocycles. The highest BCUT2D eigenvalue weighted by molar-refractivity contribution is 9.10.